The molecule has 1 unspecified atom stereocenters. The lowest BCUT2D eigenvalue weighted by molar-refractivity contribution is -0.139. The number of rotatable bonds is 4. The third-order valence-corrected chi connectivity index (χ3v) is 1.24. The molecule has 4 heteroatoms. The van der Waals surface area contributed by atoms with Crippen LogP contribution >= 0.6 is 12.4 Å². The Balaban J connectivity index is 0. The average molecular weight is 182 g/mol. The molecule has 0 aromatic carbocycles. The van der Waals surface area contributed by atoms with Crippen molar-refractivity contribution in [1.82, 2.24) is 5.32 Å². The number of carbonyl (C=O) groups is 1. The Bertz CT molecular complexity index is 117. The monoisotopic (exact) mass is 181 g/mol. The standard InChI is InChI=1S/C7H15NO2.ClH/c1-4-6(7(9)10)8-5(2)3;/h5-6,8H,4H2,1-3H3,(H,9,10);1H. The van der Waals surface area contributed by atoms with Crippen LogP contribution in [0.25, 0.3) is 0 Å². The number of carboxylic acid groups (broad SMARTS) is 1. The molecule has 0 bridgehead atoms. The first-order valence-corrected chi connectivity index (χ1v) is 3.56. The molecule has 0 saturated carbocycles. The molecule has 3 nitrogen and oxygen atoms in total. The zero-order valence-corrected chi connectivity index (χ0v) is 7.94. The summed E-state index contributed by atoms with van der Waals surface area (Å²) in [5.74, 6) is -0.767. The lowest BCUT2D eigenvalue weighted by Crippen LogP contribution is -2.40. The highest BCUT2D eigenvalue weighted by Gasteiger charge is 2.14. The van der Waals surface area contributed by atoms with E-state index < -0.39 is 5.97 Å². The summed E-state index contributed by atoms with van der Waals surface area (Å²) in [6.45, 7) is 5.73. The van der Waals surface area contributed by atoms with E-state index in [0.717, 1.165) is 0 Å². The molecule has 0 saturated heterocycles. The first kappa shape index (κ1) is 13.3. The molecule has 11 heavy (non-hydrogen) atoms. The quantitative estimate of drug-likeness (QED) is 0.687. The number of aliphatic carboxylic acids is 1. The van der Waals surface area contributed by atoms with Crippen molar-refractivity contribution in [2.75, 3.05) is 0 Å². The van der Waals surface area contributed by atoms with Crippen LogP contribution < -0.4 is 5.32 Å². The van der Waals surface area contributed by atoms with E-state index in [1.54, 1.807) is 0 Å². The fourth-order valence-electron chi connectivity index (χ4n) is 0.766. The fraction of sp³-hybridized carbons (Fsp3) is 0.857. The van der Waals surface area contributed by atoms with Crippen LogP contribution in [0.15, 0.2) is 0 Å². The maximum absolute atomic E-state index is 10.4. The smallest absolute Gasteiger partial charge is 0.320 e. The first-order chi connectivity index (χ1) is 4.57. The van der Waals surface area contributed by atoms with E-state index in [1.165, 1.54) is 0 Å². The lowest BCUT2D eigenvalue weighted by Gasteiger charge is -2.14. The molecule has 0 spiro atoms. The molecule has 2 N–H and O–H groups in total. The minimum atomic E-state index is -0.767. The average Bonchev–Trinajstić information content (AvgIpc) is 1.81. The number of nitrogens with one attached hydrogen (secondary N) is 1. The highest BCUT2D eigenvalue weighted by Crippen LogP contribution is 1.92. The zero-order valence-electron chi connectivity index (χ0n) is 7.13. The van der Waals surface area contributed by atoms with Crippen LogP contribution in [0.2, 0.25) is 0 Å². The van der Waals surface area contributed by atoms with Gasteiger partial charge >= 0.3 is 5.97 Å². The molecule has 0 aromatic heterocycles. The molecule has 0 aliphatic carbocycles. The SMILES string of the molecule is CCC(NC(C)C)C(=O)O.Cl. The summed E-state index contributed by atoms with van der Waals surface area (Å²) >= 11 is 0. The maximum atomic E-state index is 10.4. The van der Waals surface area contributed by atoms with Crippen molar-refractivity contribution < 1.29 is 9.90 Å². The molecule has 0 aromatic rings. The van der Waals surface area contributed by atoms with Crippen molar-refractivity contribution in [1.29, 1.82) is 0 Å². The third kappa shape index (κ3) is 6.13. The predicted molar refractivity (Wildman–Crippen MR) is 47.2 cm³/mol. The van der Waals surface area contributed by atoms with Gasteiger partial charge in [0.15, 0.2) is 0 Å². The van der Waals surface area contributed by atoms with E-state index in [4.69, 9.17) is 5.11 Å². The van der Waals surface area contributed by atoms with Gasteiger partial charge in [0.05, 0.1) is 0 Å². The molecule has 0 aliphatic rings. The summed E-state index contributed by atoms with van der Waals surface area (Å²) in [5.41, 5.74) is 0. The van der Waals surface area contributed by atoms with E-state index in [1.807, 2.05) is 20.8 Å². The lowest BCUT2D eigenvalue weighted by atomic mass is 10.2. The Morgan fingerprint density at radius 1 is 1.55 bits per heavy atom. The van der Waals surface area contributed by atoms with Gasteiger partial charge in [-0.2, -0.15) is 0 Å². The Morgan fingerprint density at radius 3 is 2.09 bits per heavy atom. The van der Waals surface area contributed by atoms with Gasteiger partial charge < -0.3 is 10.4 Å². The topological polar surface area (TPSA) is 49.3 Å². The second kappa shape index (κ2) is 6.43. The van der Waals surface area contributed by atoms with E-state index in [9.17, 15) is 4.79 Å². The van der Waals surface area contributed by atoms with Gasteiger partial charge in [-0.3, -0.25) is 4.79 Å². The van der Waals surface area contributed by atoms with E-state index in [0.29, 0.717) is 6.42 Å². The fourth-order valence-corrected chi connectivity index (χ4v) is 0.766. The Morgan fingerprint density at radius 2 is 2.00 bits per heavy atom. The van der Waals surface area contributed by atoms with Gasteiger partial charge in [0.25, 0.3) is 0 Å². The van der Waals surface area contributed by atoms with Gasteiger partial charge in [0.2, 0.25) is 0 Å². The van der Waals surface area contributed by atoms with E-state index in [2.05, 4.69) is 5.32 Å². The second-order valence-corrected chi connectivity index (χ2v) is 2.62. The summed E-state index contributed by atoms with van der Waals surface area (Å²) in [6, 6.07) is -0.152. The molecule has 0 radical (unpaired) electrons. The van der Waals surface area contributed by atoms with Crippen LogP contribution in [0.1, 0.15) is 27.2 Å². The summed E-state index contributed by atoms with van der Waals surface area (Å²) in [6.07, 6.45) is 0.632. The van der Waals surface area contributed by atoms with Crippen LogP contribution in [-0.2, 0) is 4.79 Å². The third-order valence-electron chi connectivity index (χ3n) is 1.24. The molecular weight excluding hydrogens is 166 g/mol. The summed E-state index contributed by atoms with van der Waals surface area (Å²) in [4.78, 5) is 10.4. The molecular formula is C7H16ClNO2. The van der Waals surface area contributed by atoms with Gasteiger partial charge in [0.1, 0.15) is 6.04 Å². The maximum Gasteiger partial charge on any atom is 0.320 e. The van der Waals surface area contributed by atoms with Gasteiger partial charge in [0, 0.05) is 6.04 Å². The molecule has 0 fully saturated rings. The Kier molecular flexibility index (Phi) is 7.79. The van der Waals surface area contributed by atoms with Crippen molar-refractivity contribution in [3.05, 3.63) is 0 Å². The van der Waals surface area contributed by atoms with Crippen molar-refractivity contribution in [2.45, 2.75) is 39.3 Å². The largest absolute Gasteiger partial charge is 0.480 e. The van der Waals surface area contributed by atoms with Gasteiger partial charge in [-0.25, -0.2) is 0 Å². The molecule has 0 aliphatic heterocycles. The first-order valence-electron chi connectivity index (χ1n) is 3.56. The number of halogens is 1. The molecule has 0 rings (SSSR count). The van der Waals surface area contributed by atoms with Crippen molar-refractivity contribution >= 4 is 18.4 Å². The Labute approximate surface area is 73.6 Å². The van der Waals surface area contributed by atoms with E-state index >= 15 is 0 Å². The van der Waals surface area contributed by atoms with Crippen LogP contribution in [0.3, 0.4) is 0 Å². The number of hydrogen-bond acceptors (Lipinski definition) is 2. The molecule has 0 amide bonds. The van der Waals surface area contributed by atoms with Crippen LogP contribution in [-0.4, -0.2) is 23.2 Å². The van der Waals surface area contributed by atoms with Crippen molar-refractivity contribution in [3.8, 4) is 0 Å². The van der Waals surface area contributed by atoms with E-state index in [-0.39, 0.29) is 24.5 Å². The highest BCUT2D eigenvalue weighted by atomic mass is 35.5. The number of hydrogen-bond donors (Lipinski definition) is 2. The van der Waals surface area contributed by atoms with Gasteiger partial charge in [-0.05, 0) is 6.42 Å². The van der Waals surface area contributed by atoms with Crippen molar-refractivity contribution in [2.24, 2.45) is 0 Å². The molecule has 68 valence electrons. The summed E-state index contributed by atoms with van der Waals surface area (Å²) in [7, 11) is 0. The van der Waals surface area contributed by atoms with Gasteiger partial charge in [-0.1, -0.05) is 20.8 Å². The summed E-state index contributed by atoms with van der Waals surface area (Å²) in [5, 5.41) is 11.5. The summed E-state index contributed by atoms with van der Waals surface area (Å²) < 4.78 is 0. The Hall–Kier alpha value is -0.280. The van der Waals surface area contributed by atoms with Crippen LogP contribution in [0, 0.1) is 0 Å². The van der Waals surface area contributed by atoms with Crippen LogP contribution in [0.4, 0.5) is 0 Å². The molecule has 0 heterocycles. The van der Waals surface area contributed by atoms with Crippen LogP contribution in [0.5, 0.6) is 0 Å². The van der Waals surface area contributed by atoms with Crippen molar-refractivity contribution in [3.63, 3.8) is 0 Å². The molecule has 1 atom stereocenters. The van der Waals surface area contributed by atoms with Gasteiger partial charge in [-0.15, -0.1) is 12.4 Å². The number of carboxylic acids is 1. The highest BCUT2D eigenvalue weighted by molar-refractivity contribution is 5.85. The predicted octanol–water partition coefficient (Wildman–Crippen LogP) is 1.27. The second-order valence-electron chi connectivity index (χ2n) is 2.62. The normalized spacial score (nSPS) is 12.4. The minimum absolute atomic E-state index is 0. The minimum Gasteiger partial charge on any atom is -0.480 e. The zero-order chi connectivity index (χ0) is 8.15.